The minimum Gasteiger partial charge on any atom is -0.490 e. The van der Waals surface area contributed by atoms with Crippen LogP contribution in [0.4, 0.5) is 4.79 Å². The molecule has 2 heterocycles. The summed E-state index contributed by atoms with van der Waals surface area (Å²) in [4.78, 5) is 25.4. The molecule has 0 radical (unpaired) electrons. The number of carbonyl (C=O) groups is 2. The summed E-state index contributed by atoms with van der Waals surface area (Å²) in [6.45, 7) is 6.77. The number of amides is 1. The van der Waals surface area contributed by atoms with Crippen molar-refractivity contribution in [2.24, 2.45) is 0 Å². The van der Waals surface area contributed by atoms with Crippen LogP contribution in [0.2, 0.25) is 0 Å². The monoisotopic (exact) mass is 375 g/mol. The Balaban J connectivity index is 1.58. The summed E-state index contributed by atoms with van der Waals surface area (Å²) >= 11 is 0. The Hall–Kier alpha value is -2.70. The topological polar surface area (TPSA) is 78.2 Å². The molecule has 0 saturated carbocycles. The van der Waals surface area contributed by atoms with Crippen LogP contribution in [0.3, 0.4) is 0 Å². The van der Waals surface area contributed by atoms with Gasteiger partial charge in [-0.3, -0.25) is 0 Å². The molecule has 1 aromatic carbocycles. The van der Waals surface area contributed by atoms with Gasteiger partial charge in [0.25, 0.3) is 0 Å². The number of fused-ring (bicyclic) bond motifs is 1. The molecule has 27 heavy (non-hydrogen) atoms. The average molecular weight is 375 g/mol. The number of carbonyl (C=O) groups excluding carboxylic acids is 2. The number of piperidine rings is 1. The number of esters is 1. The van der Waals surface area contributed by atoms with Crippen LogP contribution in [0, 0.1) is 0 Å². The Morgan fingerprint density at radius 3 is 2.48 bits per heavy atom. The number of hydrogen-bond acceptors (Lipinski definition) is 6. The highest BCUT2D eigenvalue weighted by molar-refractivity contribution is 5.92. The van der Waals surface area contributed by atoms with Gasteiger partial charge in [-0.1, -0.05) is 0 Å². The van der Waals surface area contributed by atoms with Crippen molar-refractivity contribution in [1.82, 2.24) is 4.90 Å². The van der Waals surface area contributed by atoms with Crippen molar-refractivity contribution in [3.8, 4) is 5.75 Å². The Morgan fingerprint density at radius 1 is 1.15 bits per heavy atom. The van der Waals surface area contributed by atoms with Crippen LogP contribution in [0.1, 0.15) is 44.2 Å². The summed E-state index contributed by atoms with van der Waals surface area (Å²) in [6, 6.07) is 7.06. The van der Waals surface area contributed by atoms with E-state index in [-0.39, 0.29) is 18.0 Å². The van der Waals surface area contributed by atoms with Gasteiger partial charge in [-0.05, 0) is 45.0 Å². The molecule has 0 N–H and O–H groups in total. The third kappa shape index (κ3) is 4.72. The predicted octanol–water partition coefficient (Wildman–Crippen LogP) is 4.00. The largest absolute Gasteiger partial charge is 0.490 e. The molecule has 0 atom stereocenters. The fraction of sp³-hybridized carbons (Fsp3) is 0.500. The Bertz CT molecular complexity index is 827. The maximum atomic E-state index is 12.1. The standard InChI is InChI=1S/C20H25NO6/c1-20(2,3)27-19(23)21-9-7-14(8-10-21)25-15-5-6-16-13(11-15)12-17(26-16)18(22)24-4/h5-6,11-12,14H,7-10H2,1-4H3. The molecule has 0 bridgehead atoms. The maximum Gasteiger partial charge on any atom is 0.410 e. The van der Waals surface area contributed by atoms with E-state index < -0.39 is 11.6 Å². The molecule has 146 valence electrons. The summed E-state index contributed by atoms with van der Waals surface area (Å²) in [5.74, 6) is 0.355. The first kappa shape index (κ1) is 19.1. The fourth-order valence-electron chi connectivity index (χ4n) is 2.97. The number of methoxy groups -OCH3 is 1. The van der Waals surface area contributed by atoms with Gasteiger partial charge < -0.3 is 23.5 Å². The van der Waals surface area contributed by atoms with Crippen LogP contribution >= 0.6 is 0 Å². The van der Waals surface area contributed by atoms with Crippen LogP contribution in [0.25, 0.3) is 11.0 Å². The molecule has 1 fully saturated rings. The van der Waals surface area contributed by atoms with Crippen molar-refractivity contribution in [3.05, 3.63) is 30.0 Å². The lowest BCUT2D eigenvalue weighted by Gasteiger charge is -2.33. The second-order valence-corrected chi connectivity index (χ2v) is 7.59. The van der Waals surface area contributed by atoms with Gasteiger partial charge in [0.15, 0.2) is 0 Å². The van der Waals surface area contributed by atoms with Gasteiger partial charge in [0.05, 0.1) is 7.11 Å². The average Bonchev–Trinajstić information content (AvgIpc) is 3.03. The highest BCUT2D eigenvalue weighted by atomic mass is 16.6. The fourth-order valence-corrected chi connectivity index (χ4v) is 2.97. The third-order valence-corrected chi connectivity index (χ3v) is 4.27. The van der Waals surface area contributed by atoms with Gasteiger partial charge in [-0.2, -0.15) is 0 Å². The molecular weight excluding hydrogens is 350 g/mol. The molecular formula is C20H25NO6. The van der Waals surface area contributed by atoms with E-state index in [0.717, 1.165) is 18.2 Å². The quantitative estimate of drug-likeness (QED) is 0.755. The lowest BCUT2D eigenvalue weighted by molar-refractivity contribution is 0.0126. The van der Waals surface area contributed by atoms with E-state index in [9.17, 15) is 9.59 Å². The molecule has 1 aliphatic rings. The van der Waals surface area contributed by atoms with Crippen LogP contribution in [-0.2, 0) is 9.47 Å². The van der Waals surface area contributed by atoms with E-state index in [0.29, 0.717) is 24.4 Å². The number of furan rings is 1. The molecule has 0 unspecified atom stereocenters. The number of likely N-dealkylation sites (tertiary alicyclic amines) is 1. The van der Waals surface area contributed by atoms with Gasteiger partial charge in [-0.15, -0.1) is 0 Å². The summed E-state index contributed by atoms with van der Waals surface area (Å²) in [7, 11) is 1.31. The number of benzene rings is 1. The van der Waals surface area contributed by atoms with Crippen molar-refractivity contribution in [1.29, 1.82) is 0 Å². The molecule has 0 spiro atoms. The second kappa shape index (κ2) is 7.50. The SMILES string of the molecule is COC(=O)c1cc2cc(OC3CCN(C(=O)OC(C)(C)C)CC3)ccc2o1. The maximum absolute atomic E-state index is 12.1. The van der Waals surface area contributed by atoms with E-state index in [1.807, 2.05) is 32.9 Å². The summed E-state index contributed by atoms with van der Waals surface area (Å²) < 4.78 is 21.6. The number of hydrogen-bond donors (Lipinski definition) is 0. The van der Waals surface area contributed by atoms with E-state index in [4.69, 9.17) is 13.9 Å². The Labute approximate surface area is 158 Å². The molecule has 1 aliphatic heterocycles. The predicted molar refractivity (Wildman–Crippen MR) is 99.0 cm³/mol. The smallest absolute Gasteiger partial charge is 0.410 e. The zero-order valence-corrected chi connectivity index (χ0v) is 16.1. The molecule has 2 aromatic rings. The highest BCUT2D eigenvalue weighted by Crippen LogP contribution is 2.27. The zero-order valence-electron chi connectivity index (χ0n) is 16.1. The van der Waals surface area contributed by atoms with Crippen LogP contribution in [0.5, 0.6) is 5.75 Å². The Morgan fingerprint density at radius 2 is 1.85 bits per heavy atom. The van der Waals surface area contributed by atoms with E-state index >= 15 is 0 Å². The van der Waals surface area contributed by atoms with Gasteiger partial charge >= 0.3 is 12.1 Å². The number of ether oxygens (including phenoxy) is 3. The first-order valence-electron chi connectivity index (χ1n) is 9.01. The van der Waals surface area contributed by atoms with E-state index in [1.54, 1.807) is 17.0 Å². The van der Waals surface area contributed by atoms with Crippen molar-refractivity contribution < 1.29 is 28.2 Å². The van der Waals surface area contributed by atoms with Crippen LogP contribution in [0.15, 0.2) is 28.7 Å². The molecule has 0 aliphatic carbocycles. The molecule has 3 rings (SSSR count). The molecule has 7 nitrogen and oxygen atoms in total. The Kier molecular flexibility index (Phi) is 5.30. The molecule has 1 saturated heterocycles. The van der Waals surface area contributed by atoms with Crippen LogP contribution in [-0.4, -0.2) is 48.9 Å². The highest BCUT2D eigenvalue weighted by Gasteiger charge is 2.27. The summed E-state index contributed by atoms with van der Waals surface area (Å²) in [6.07, 6.45) is 1.20. The van der Waals surface area contributed by atoms with Gasteiger partial charge in [0.2, 0.25) is 5.76 Å². The third-order valence-electron chi connectivity index (χ3n) is 4.27. The minimum absolute atomic E-state index is 0.0214. The minimum atomic E-state index is -0.511. The van der Waals surface area contributed by atoms with Crippen molar-refractivity contribution in [2.45, 2.75) is 45.3 Å². The second-order valence-electron chi connectivity index (χ2n) is 7.59. The number of rotatable bonds is 3. The summed E-state index contributed by atoms with van der Waals surface area (Å²) in [5, 5.41) is 0.777. The molecule has 1 amide bonds. The lowest BCUT2D eigenvalue weighted by Crippen LogP contribution is -2.44. The first-order chi connectivity index (χ1) is 12.7. The van der Waals surface area contributed by atoms with E-state index in [1.165, 1.54) is 7.11 Å². The van der Waals surface area contributed by atoms with E-state index in [2.05, 4.69) is 4.74 Å². The molecule has 1 aromatic heterocycles. The van der Waals surface area contributed by atoms with Crippen LogP contribution < -0.4 is 4.74 Å². The first-order valence-corrected chi connectivity index (χ1v) is 9.01. The molecule has 7 heteroatoms. The van der Waals surface area contributed by atoms with Crippen molar-refractivity contribution in [3.63, 3.8) is 0 Å². The van der Waals surface area contributed by atoms with Gasteiger partial charge in [-0.25, -0.2) is 9.59 Å². The zero-order chi connectivity index (χ0) is 19.6. The van der Waals surface area contributed by atoms with Crippen molar-refractivity contribution in [2.75, 3.05) is 20.2 Å². The van der Waals surface area contributed by atoms with Crippen molar-refractivity contribution >= 4 is 23.0 Å². The normalized spacial score (nSPS) is 15.6. The lowest BCUT2D eigenvalue weighted by atomic mass is 10.1. The van der Waals surface area contributed by atoms with Gasteiger partial charge in [0, 0.05) is 31.3 Å². The summed E-state index contributed by atoms with van der Waals surface area (Å²) in [5.41, 5.74) is 0.107. The number of nitrogens with zero attached hydrogens (tertiary/aromatic N) is 1. The van der Waals surface area contributed by atoms with Gasteiger partial charge in [0.1, 0.15) is 23.0 Å².